The van der Waals surface area contributed by atoms with Crippen LogP contribution in [0.5, 0.6) is 0 Å². The van der Waals surface area contributed by atoms with Gasteiger partial charge in [-0.1, -0.05) is 35.1 Å². The van der Waals surface area contributed by atoms with Gasteiger partial charge in [-0.15, -0.1) is 0 Å². The van der Waals surface area contributed by atoms with E-state index in [2.05, 4.69) is 10.3 Å². The second-order valence-electron chi connectivity index (χ2n) is 5.60. The van der Waals surface area contributed by atoms with Gasteiger partial charge in [-0.2, -0.15) is 0 Å². The maximum atomic E-state index is 12.1. The molecule has 0 aliphatic rings. The first-order valence-corrected chi connectivity index (χ1v) is 9.36. The molecule has 0 aliphatic heterocycles. The van der Waals surface area contributed by atoms with Crippen molar-refractivity contribution < 1.29 is 14.3 Å². The third-order valence-corrected chi connectivity index (χ3v) is 4.89. The van der Waals surface area contributed by atoms with Crippen molar-refractivity contribution in [3.8, 4) is 0 Å². The Morgan fingerprint density at radius 1 is 1.19 bits per heavy atom. The highest BCUT2D eigenvalue weighted by Crippen LogP contribution is 2.27. The molecule has 1 heterocycles. The number of thiazole rings is 1. The minimum atomic E-state index is -0.364. The first-order valence-electron chi connectivity index (χ1n) is 8.17. The predicted octanol–water partition coefficient (Wildman–Crippen LogP) is 4.70. The Morgan fingerprint density at radius 2 is 1.96 bits per heavy atom. The van der Waals surface area contributed by atoms with Gasteiger partial charge in [-0.3, -0.25) is 4.79 Å². The molecule has 1 aromatic heterocycles. The summed E-state index contributed by atoms with van der Waals surface area (Å²) in [5.74, 6) is -0.471. The second-order valence-corrected chi connectivity index (χ2v) is 7.06. The molecule has 26 heavy (non-hydrogen) atoms. The molecule has 134 valence electrons. The number of nitrogens with zero attached hydrogens (tertiary/aromatic N) is 1. The highest BCUT2D eigenvalue weighted by molar-refractivity contribution is 7.22. The number of nitrogens with one attached hydrogen (secondary N) is 1. The number of ether oxygens (including phenoxy) is 1. The van der Waals surface area contributed by atoms with Crippen molar-refractivity contribution in [1.29, 1.82) is 0 Å². The van der Waals surface area contributed by atoms with Crippen LogP contribution in [-0.2, 0) is 16.0 Å². The molecule has 1 N–H and O–H groups in total. The molecule has 5 nitrogen and oxygen atoms in total. The van der Waals surface area contributed by atoms with Gasteiger partial charge in [0.05, 0.1) is 22.4 Å². The van der Waals surface area contributed by atoms with Gasteiger partial charge in [-0.25, -0.2) is 9.78 Å². The molecule has 0 unspecified atom stereocenters. The lowest BCUT2D eigenvalue weighted by Gasteiger charge is -2.02. The van der Waals surface area contributed by atoms with E-state index in [-0.39, 0.29) is 11.9 Å². The zero-order chi connectivity index (χ0) is 18.5. The molecule has 0 aliphatic carbocycles. The van der Waals surface area contributed by atoms with Gasteiger partial charge < -0.3 is 10.1 Å². The minimum absolute atomic E-state index is 0.107. The summed E-state index contributed by atoms with van der Waals surface area (Å²) in [6, 6.07) is 12.6. The Kier molecular flexibility index (Phi) is 5.85. The molecule has 3 aromatic rings. The second kappa shape index (κ2) is 8.29. The number of rotatable bonds is 6. The Labute approximate surface area is 160 Å². The van der Waals surface area contributed by atoms with Crippen LogP contribution in [0.15, 0.2) is 42.5 Å². The van der Waals surface area contributed by atoms with Gasteiger partial charge in [0.2, 0.25) is 5.91 Å². The van der Waals surface area contributed by atoms with Crippen molar-refractivity contribution >= 4 is 50.2 Å². The third kappa shape index (κ3) is 4.59. The zero-order valence-corrected chi connectivity index (χ0v) is 15.7. The average Bonchev–Trinajstić information content (AvgIpc) is 3.02. The van der Waals surface area contributed by atoms with Crippen LogP contribution in [0.1, 0.15) is 29.3 Å². The zero-order valence-electron chi connectivity index (χ0n) is 14.1. The monoisotopic (exact) mass is 388 g/mol. The number of amides is 1. The number of aromatic nitrogens is 1. The van der Waals surface area contributed by atoms with Gasteiger partial charge in [0.25, 0.3) is 0 Å². The van der Waals surface area contributed by atoms with Crippen molar-refractivity contribution in [3.05, 3.63) is 58.6 Å². The molecule has 0 saturated carbocycles. The number of carbonyl (C=O) groups is 2. The highest BCUT2D eigenvalue weighted by Gasteiger charge is 2.12. The van der Waals surface area contributed by atoms with E-state index in [1.807, 2.05) is 24.3 Å². The van der Waals surface area contributed by atoms with Crippen LogP contribution in [0, 0.1) is 0 Å². The number of halogens is 1. The fourth-order valence-electron chi connectivity index (χ4n) is 2.41. The SMILES string of the molecule is CCOC(=O)c1ccc2nc(NC(=O)CCc3ccc(Cl)cc3)sc2c1. The van der Waals surface area contributed by atoms with E-state index in [1.165, 1.54) is 11.3 Å². The van der Waals surface area contributed by atoms with E-state index in [4.69, 9.17) is 16.3 Å². The normalized spacial score (nSPS) is 10.7. The van der Waals surface area contributed by atoms with E-state index in [0.717, 1.165) is 15.8 Å². The van der Waals surface area contributed by atoms with Crippen LogP contribution < -0.4 is 5.32 Å². The van der Waals surface area contributed by atoms with Crippen LogP contribution in [-0.4, -0.2) is 23.5 Å². The Morgan fingerprint density at radius 3 is 2.69 bits per heavy atom. The van der Waals surface area contributed by atoms with Gasteiger partial charge in [0.15, 0.2) is 5.13 Å². The summed E-state index contributed by atoms with van der Waals surface area (Å²) in [4.78, 5) is 28.3. The van der Waals surface area contributed by atoms with E-state index in [1.54, 1.807) is 25.1 Å². The standard InChI is InChI=1S/C19H17ClN2O3S/c1-2-25-18(24)13-6-9-15-16(11-13)26-19(21-15)22-17(23)10-5-12-3-7-14(20)8-4-12/h3-4,6-9,11H,2,5,10H2,1H3,(H,21,22,23). The highest BCUT2D eigenvalue weighted by atomic mass is 35.5. The number of anilines is 1. The quantitative estimate of drug-likeness (QED) is 0.621. The largest absolute Gasteiger partial charge is 0.462 e. The van der Waals surface area contributed by atoms with Crippen LogP contribution >= 0.6 is 22.9 Å². The summed E-state index contributed by atoms with van der Waals surface area (Å²) in [5.41, 5.74) is 2.26. The molecule has 3 rings (SSSR count). The van der Waals surface area contributed by atoms with Gasteiger partial charge >= 0.3 is 5.97 Å². The Bertz CT molecular complexity index is 938. The lowest BCUT2D eigenvalue weighted by Crippen LogP contribution is -2.11. The van der Waals surface area contributed by atoms with Crippen molar-refractivity contribution in [2.75, 3.05) is 11.9 Å². The maximum Gasteiger partial charge on any atom is 0.338 e. The average molecular weight is 389 g/mol. The lowest BCUT2D eigenvalue weighted by atomic mass is 10.1. The van der Waals surface area contributed by atoms with Gasteiger partial charge in [0, 0.05) is 11.4 Å². The third-order valence-electron chi connectivity index (χ3n) is 3.70. The Hall–Kier alpha value is -2.44. The number of carbonyl (C=O) groups excluding carboxylic acids is 2. The molecule has 0 radical (unpaired) electrons. The number of hydrogen-bond acceptors (Lipinski definition) is 5. The summed E-state index contributed by atoms with van der Waals surface area (Å²) in [7, 11) is 0. The van der Waals surface area contributed by atoms with E-state index >= 15 is 0 Å². The smallest absolute Gasteiger partial charge is 0.338 e. The topological polar surface area (TPSA) is 68.3 Å². The number of esters is 1. The molecular formula is C19H17ClN2O3S. The number of benzene rings is 2. The van der Waals surface area contributed by atoms with Crippen molar-refractivity contribution in [2.45, 2.75) is 19.8 Å². The summed E-state index contributed by atoms with van der Waals surface area (Å²) >= 11 is 7.18. The van der Waals surface area contributed by atoms with Crippen LogP contribution in [0.4, 0.5) is 5.13 Å². The molecule has 0 spiro atoms. The molecule has 7 heteroatoms. The summed E-state index contributed by atoms with van der Waals surface area (Å²) in [6.45, 7) is 2.09. The molecule has 0 fully saturated rings. The number of aryl methyl sites for hydroxylation is 1. The predicted molar refractivity (Wildman–Crippen MR) is 104 cm³/mol. The molecule has 0 saturated heterocycles. The van der Waals surface area contributed by atoms with E-state index < -0.39 is 0 Å². The minimum Gasteiger partial charge on any atom is -0.462 e. The Balaban J connectivity index is 1.63. The molecular weight excluding hydrogens is 372 g/mol. The molecule has 0 bridgehead atoms. The summed E-state index contributed by atoms with van der Waals surface area (Å²) in [5, 5.41) is 4.00. The number of hydrogen-bond donors (Lipinski definition) is 1. The fraction of sp³-hybridized carbons (Fsp3) is 0.211. The fourth-order valence-corrected chi connectivity index (χ4v) is 3.46. The van der Waals surface area contributed by atoms with Crippen molar-refractivity contribution in [3.63, 3.8) is 0 Å². The first kappa shape index (κ1) is 18.4. The van der Waals surface area contributed by atoms with Crippen LogP contribution in [0.25, 0.3) is 10.2 Å². The molecule has 1 amide bonds. The van der Waals surface area contributed by atoms with Crippen LogP contribution in [0.3, 0.4) is 0 Å². The van der Waals surface area contributed by atoms with Gasteiger partial charge in [-0.05, 0) is 49.2 Å². The number of fused-ring (bicyclic) bond motifs is 1. The van der Waals surface area contributed by atoms with Crippen molar-refractivity contribution in [1.82, 2.24) is 4.98 Å². The molecule has 0 atom stereocenters. The maximum absolute atomic E-state index is 12.1. The van der Waals surface area contributed by atoms with Crippen LogP contribution in [0.2, 0.25) is 5.02 Å². The summed E-state index contributed by atoms with van der Waals surface area (Å²) in [6.07, 6.45) is 0.979. The molecule has 2 aromatic carbocycles. The lowest BCUT2D eigenvalue weighted by molar-refractivity contribution is -0.116. The van der Waals surface area contributed by atoms with Gasteiger partial charge in [0.1, 0.15) is 0 Å². The first-order chi connectivity index (χ1) is 12.5. The van der Waals surface area contributed by atoms with Crippen molar-refractivity contribution in [2.24, 2.45) is 0 Å². The summed E-state index contributed by atoms with van der Waals surface area (Å²) < 4.78 is 5.82. The van der Waals surface area contributed by atoms with E-state index in [9.17, 15) is 9.59 Å². The van der Waals surface area contributed by atoms with E-state index in [0.29, 0.717) is 35.2 Å².